The maximum absolute atomic E-state index is 13.6. The molecule has 0 heterocycles. The van der Waals surface area contributed by atoms with Gasteiger partial charge < -0.3 is 11.1 Å². The Balaban J connectivity index is 2.11. The van der Waals surface area contributed by atoms with Crippen LogP contribution in [-0.2, 0) is 11.3 Å². The van der Waals surface area contributed by atoms with Gasteiger partial charge >= 0.3 is 0 Å². The van der Waals surface area contributed by atoms with Crippen molar-refractivity contribution in [3.8, 4) is 0 Å². The third kappa shape index (κ3) is 3.66. The fourth-order valence-electron chi connectivity index (χ4n) is 1.81. The Kier molecular flexibility index (Phi) is 5.08. The van der Waals surface area contributed by atoms with Gasteiger partial charge in [0.2, 0.25) is 0 Å². The Hall–Kier alpha value is -1.31. The van der Waals surface area contributed by atoms with Crippen LogP contribution in [-0.4, -0.2) is 5.91 Å². The summed E-state index contributed by atoms with van der Waals surface area (Å²) < 4.78 is 26.9. The van der Waals surface area contributed by atoms with Crippen LogP contribution in [0.1, 0.15) is 18.4 Å². The Morgan fingerprint density at radius 1 is 1.38 bits per heavy atom. The predicted octanol–water partition coefficient (Wildman–Crippen LogP) is 2.42. The van der Waals surface area contributed by atoms with Gasteiger partial charge in [0.05, 0.1) is 5.02 Å². The van der Waals surface area contributed by atoms with Crippen LogP contribution in [0, 0.1) is 17.6 Å². The number of amides is 1. The second-order valence-electron chi connectivity index (χ2n) is 4.68. The molecule has 0 aromatic heterocycles. The zero-order valence-electron chi connectivity index (χ0n) is 11.0. The Morgan fingerprint density at radius 2 is 2.00 bits per heavy atom. The minimum Gasteiger partial charge on any atom is -0.401 e. The molecular weight excluding hydrogens is 320 g/mol. The second-order valence-corrected chi connectivity index (χ2v) is 5.70. The van der Waals surface area contributed by atoms with E-state index in [1.807, 2.05) is 0 Å². The molecule has 0 spiro atoms. The molecule has 8 heteroatoms. The number of hydrogen-bond acceptors (Lipinski definition) is 4. The fourth-order valence-corrected chi connectivity index (χ4v) is 2.51. The molecule has 1 aliphatic rings. The molecule has 1 amide bonds. The lowest BCUT2D eigenvalue weighted by Crippen LogP contribution is -2.27. The Bertz CT molecular complexity index is 605. The molecule has 4 nitrogen and oxygen atoms in total. The number of nitrogens with two attached hydrogens (primary N) is 2. The van der Waals surface area contributed by atoms with Crippen LogP contribution < -0.4 is 16.2 Å². The molecule has 0 aliphatic heterocycles. The maximum atomic E-state index is 13.6. The van der Waals surface area contributed by atoms with E-state index in [0.29, 0.717) is 5.70 Å². The molecule has 1 aromatic rings. The largest absolute Gasteiger partial charge is 0.401 e. The van der Waals surface area contributed by atoms with E-state index >= 15 is 0 Å². The number of rotatable bonds is 5. The number of halogens is 3. The van der Waals surface area contributed by atoms with E-state index in [2.05, 4.69) is 5.32 Å². The molecule has 5 N–H and O–H groups in total. The number of carbonyl (C=O) groups is 1. The van der Waals surface area contributed by atoms with Crippen LogP contribution in [0.15, 0.2) is 22.7 Å². The minimum absolute atomic E-state index is 0.114. The highest BCUT2D eigenvalue weighted by molar-refractivity contribution is 8.01. The topological polar surface area (TPSA) is 81.1 Å². The molecule has 0 unspecified atom stereocenters. The van der Waals surface area contributed by atoms with Gasteiger partial charge in [0, 0.05) is 17.8 Å². The van der Waals surface area contributed by atoms with Crippen molar-refractivity contribution < 1.29 is 13.6 Å². The highest BCUT2D eigenvalue weighted by atomic mass is 35.5. The van der Waals surface area contributed by atoms with Crippen molar-refractivity contribution in [2.45, 2.75) is 19.4 Å². The Labute approximate surface area is 130 Å². The fraction of sp³-hybridized carbons (Fsp3) is 0.308. The second kappa shape index (κ2) is 6.64. The molecule has 1 fully saturated rings. The summed E-state index contributed by atoms with van der Waals surface area (Å²) in [6.45, 7) is -0.247. The number of benzene rings is 1. The molecule has 114 valence electrons. The van der Waals surface area contributed by atoms with Crippen molar-refractivity contribution in [1.29, 1.82) is 0 Å². The zero-order chi connectivity index (χ0) is 15.6. The van der Waals surface area contributed by atoms with Crippen molar-refractivity contribution in [3.63, 3.8) is 0 Å². The summed E-state index contributed by atoms with van der Waals surface area (Å²) in [7, 11) is 0. The monoisotopic (exact) mass is 333 g/mol. The van der Waals surface area contributed by atoms with E-state index in [-0.39, 0.29) is 28.0 Å². The van der Waals surface area contributed by atoms with Gasteiger partial charge in [0.15, 0.2) is 0 Å². The van der Waals surface area contributed by atoms with E-state index in [4.69, 9.17) is 22.5 Å². The van der Waals surface area contributed by atoms with Crippen LogP contribution >= 0.6 is 23.5 Å². The van der Waals surface area contributed by atoms with Gasteiger partial charge in [-0.3, -0.25) is 9.93 Å². The van der Waals surface area contributed by atoms with Crippen molar-refractivity contribution in [1.82, 2.24) is 5.32 Å². The van der Waals surface area contributed by atoms with E-state index in [0.717, 1.165) is 36.9 Å². The van der Waals surface area contributed by atoms with Crippen molar-refractivity contribution in [2.24, 2.45) is 16.8 Å². The number of carbonyl (C=O) groups excluding carboxylic acids is 1. The smallest absolute Gasteiger partial charge is 0.261 e. The summed E-state index contributed by atoms with van der Waals surface area (Å²) in [5.74, 6) is -1.78. The maximum Gasteiger partial charge on any atom is 0.261 e. The standard InChI is InChI=1S/C13H14ClF2N3OS/c14-10-7(8(15)3-4-9(10)16)5-19-13(20)12(21-18)11(17)6-1-2-6/h3-4,6H,1-2,5,17-18H2,(H,19,20)/b12-11-. The van der Waals surface area contributed by atoms with Crippen LogP contribution in [0.5, 0.6) is 0 Å². The summed E-state index contributed by atoms with van der Waals surface area (Å²) in [5.41, 5.74) is 6.17. The zero-order valence-corrected chi connectivity index (χ0v) is 12.5. The lowest BCUT2D eigenvalue weighted by Gasteiger charge is -2.11. The van der Waals surface area contributed by atoms with Crippen molar-refractivity contribution >= 4 is 29.5 Å². The molecule has 0 atom stereocenters. The SMILES string of the molecule is NS/C(C(=O)NCc1c(F)ccc(F)c1Cl)=C(\N)C1CC1. The molecule has 0 saturated heterocycles. The minimum atomic E-state index is -0.747. The predicted molar refractivity (Wildman–Crippen MR) is 78.9 cm³/mol. The van der Waals surface area contributed by atoms with Gasteiger partial charge in [-0.15, -0.1) is 0 Å². The quantitative estimate of drug-likeness (QED) is 0.439. The lowest BCUT2D eigenvalue weighted by molar-refractivity contribution is -0.117. The van der Waals surface area contributed by atoms with Crippen molar-refractivity contribution in [3.05, 3.63) is 45.0 Å². The highest BCUT2D eigenvalue weighted by Crippen LogP contribution is 2.36. The molecule has 2 rings (SSSR count). The number of allylic oxidation sites excluding steroid dienone is 1. The first-order valence-corrected chi connectivity index (χ1v) is 7.48. The third-order valence-electron chi connectivity index (χ3n) is 3.17. The summed E-state index contributed by atoms with van der Waals surface area (Å²) in [6.07, 6.45) is 1.85. The molecule has 21 heavy (non-hydrogen) atoms. The summed E-state index contributed by atoms with van der Waals surface area (Å²) in [6, 6.07) is 1.88. The van der Waals surface area contributed by atoms with E-state index in [9.17, 15) is 13.6 Å². The first-order chi connectivity index (χ1) is 9.95. The average Bonchev–Trinajstić information content (AvgIpc) is 3.28. The normalized spacial score (nSPS) is 15.6. The van der Waals surface area contributed by atoms with Crippen LogP contribution in [0.3, 0.4) is 0 Å². The number of hydrogen-bond donors (Lipinski definition) is 3. The van der Waals surface area contributed by atoms with Crippen LogP contribution in [0.4, 0.5) is 8.78 Å². The van der Waals surface area contributed by atoms with Gasteiger partial charge in [0.25, 0.3) is 5.91 Å². The Morgan fingerprint density at radius 3 is 2.57 bits per heavy atom. The summed E-state index contributed by atoms with van der Waals surface area (Å²) >= 11 is 6.43. The molecule has 1 aliphatic carbocycles. The van der Waals surface area contributed by atoms with Crippen LogP contribution in [0.2, 0.25) is 5.02 Å². The van der Waals surface area contributed by atoms with Crippen molar-refractivity contribution in [2.75, 3.05) is 0 Å². The molecule has 0 radical (unpaired) electrons. The first-order valence-electron chi connectivity index (χ1n) is 6.22. The number of nitrogens with one attached hydrogen (secondary N) is 1. The summed E-state index contributed by atoms with van der Waals surface area (Å²) in [4.78, 5) is 12.2. The average molecular weight is 334 g/mol. The first kappa shape index (κ1) is 16.1. The molecule has 0 bridgehead atoms. The molecule has 1 saturated carbocycles. The van der Waals surface area contributed by atoms with E-state index in [1.165, 1.54) is 0 Å². The summed E-state index contributed by atoms with van der Waals surface area (Å²) in [5, 5.41) is 7.55. The van der Waals surface area contributed by atoms with Gasteiger partial charge in [-0.25, -0.2) is 8.78 Å². The van der Waals surface area contributed by atoms with Gasteiger partial charge in [-0.2, -0.15) is 0 Å². The molecule has 1 aromatic carbocycles. The lowest BCUT2D eigenvalue weighted by atomic mass is 10.2. The van der Waals surface area contributed by atoms with Crippen LogP contribution in [0.25, 0.3) is 0 Å². The molecular formula is C13H14ClF2N3OS. The van der Waals surface area contributed by atoms with Gasteiger partial charge in [-0.1, -0.05) is 11.6 Å². The third-order valence-corrected chi connectivity index (χ3v) is 4.23. The van der Waals surface area contributed by atoms with Gasteiger partial charge in [0.1, 0.15) is 16.5 Å². The van der Waals surface area contributed by atoms with Gasteiger partial charge in [-0.05, 0) is 42.8 Å². The van der Waals surface area contributed by atoms with E-state index < -0.39 is 17.5 Å². The highest BCUT2D eigenvalue weighted by Gasteiger charge is 2.29. The van der Waals surface area contributed by atoms with E-state index in [1.54, 1.807) is 0 Å².